The van der Waals surface area contributed by atoms with E-state index >= 15 is 0 Å². The first kappa shape index (κ1) is 21.5. The van der Waals surface area contributed by atoms with Gasteiger partial charge in [0, 0.05) is 32.8 Å². The Labute approximate surface area is 185 Å². The molecule has 4 nitrogen and oxygen atoms in total. The van der Waals surface area contributed by atoms with Crippen molar-refractivity contribution >= 4 is 5.91 Å². The van der Waals surface area contributed by atoms with Crippen LogP contribution in [0.15, 0.2) is 42.5 Å². The van der Waals surface area contributed by atoms with Crippen LogP contribution in [-0.2, 0) is 11.0 Å². The van der Waals surface area contributed by atoms with E-state index in [9.17, 15) is 18.0 Å². The summed E-state index contributed by atoms with van der Waals surface area (Å²) in [5, 5.41) is 8.98. The van der Waals surface area contributed by atoms with E-state index in [0.717, 1.165) is 74.3 Å². The molecule has 2 aromatic rings. The van der Waals surface area contributed by atoms with E-state index in [1.54, 1.807) is 0 Å². The Morgan fingerprint density at radius 2 is 1.75 bits per heavy atom. The number of benzene rings is 2. The van der Waals surface area contributed by atoms with Gasteiger partial charge >= 0.3 is 6.18 Å². The van der Waals surface area contributed by atoms with Crippen molar-refractivity contribution in [2.75, 3.05) is 32.8 Å². The summed E-state index contributed by atoms with van der Waals surface area (Å²) in [6.45, 7) is 3.26. The second kappa shape index (κ2) is 8.19. The third-order valence-electron chi connectivity index (χ3n) is 7.26. The van der Waals surface area contributed by atoms with Crippen LogP contribution in [0.5, 0.6) is 0 Å². The van der Waals surface area contributed by atoms with Crippen molar-refractivity contribution in [1.29, 1.82) is 0 Å². The molecule has 2 atom stereocenters. The van der Waals surface area contributed by atoms with E-state index in [0.29, 0.717) is 5.92 Å². The molecule has 170 valence electrons. The Bertz CT molecular complexity index is 999. The Kier molecular flexibility index (Phi) is 5.50. The predicted octanol–water partition coefficient (Wildman–Crippen LogP) is 4.45. The highest BCUT2D eigenvalue weighted by atomic mass is 19.4. The summed E-state index contributed by atoms with van der Waals surface area (Å²) in [6.07, 6.45) is -1.73. The number of amides is 1. The Morgan fingerprint density at radius 1 is 1.03 bits per heavy atom. The zero-order chi connectivity index (χ0) is 22.5. The van der Waals surface area contributed by atoms with Crippen molar-refractivity contribution in [2.24, 2.45) is 5.92 Å². The number of likely N-dealkylation sites (tertiary alicyclic amines) is 2. The summed E-state index contributed by atoms with van der Waals surface area (Å²) in [4.78, 5) is 17.5. The molecular formula is C25H27F3N2O2. The van der Waals surface area contributed by atoms with Crippen LogP contribution in [0.25, 0.3) is 11.1 Å². The summed E-state index contributed by atoms with van der Waals surface area (Å²) in [6, 6.07) is 11.5. The molecule has 2 heterocycles. The first-order valence-corrected chi connectivity index (χ1v) is 11.3. The van der Waals surface area contributed by atoms with Crippen LogP contribution in [0.3, 0.4) is 0 Å². The zero-order valence-electron chi connectivity index (χ0n) is 17.8. The van der Waals surface area contributed by atoms with E-state index < -0.39 is 11.7 Å². The van der Waals surface area contributed by atoms with Crippen LogP contribution in [0.4, 0.5) is 13.2 Å². The summed E-state index contributed by atoms with van der Waals surface area (Å²) < 4.78 is 38.7. The van der Waals surface area contributed by atoms with Crippen molar-refractivity contribution in [3.05, 3.63) is 59.2 Å². The van der Waals surface area contributed by atoms with Gasteiger partial charge in [-0.2, -0.15) is 13.2 Å². The number of fused-ring (bicyclic) bond motifs is 5. The second-order valence-electron chi connectivity index (χ2n) is 9.22. The molecule has 1 unspecified atom stereocenters. The van der Waals surface area contributed by atoms with Gasteiger partial charge in [-0.25, -0.2) is 0 Å². The average molecular weight is 444 g/mol. The van der Waals surface area contributed by atoms with Crippen LogP contribution in [-0.4, -0.2) is 53.6 Å². The van der Waals surface area contributed by atoms with Crippen LogP contribution in [0, 0.1) is 5.92 Å². The number of carbonyl (C=O) groups is 1. The number of hydrogen-bond acceptors (Lipinski definition) is 3. The SMILES string of the molecule is O=C(C1CN(CCCO)C1)N1CCC2C[C@H]1c1cc(-c3ccc(C(F)(F)F)cc3)ccc12. The van der Waals surface area contributed by atoms with Crippen molar-refractivity contribution in [1.82, 2.24) is 9.80 Å². The standard InChI is InChI=1S/C25H27F3N2O2/c26-25(27,28)20-5-2-16(3-6-20)17-4-7-21-18-8-10-30(23(13-18)22(21)12-17)24(32)19-14-29(15-19)9-1-11-31/h2-7,12,18-19,23,31H,1,8-11,13-15H2/t18?,23-/m0/s1. The van der Waals surface area contributed by atoms with E-state index in [1.165, 1.54) is 17.7 Å². The minimum atomic E-state index is -4.34. The first-order chi connectivity index (χ1) is 15.3. The molecule has 2 aromatic carbocycles. The average Bonchev–Trinajstić information content (AvgIpc) is 3.03. The number of nitrogens with zero attached hydrogens (tertiary/aromatic N) is 2. The third kappa shape index (κ3) is 3.82. The van der Waals surface area contributed by atoms with E-state index in [4.69, 9.17) is 5.11 Å². The maximum absolute atomic E-state index is 13.2. The van der Waals surface area contributed by atoms with Gasteiger partial charge in [0.2, 0.25) is 5.91 Å². The van der Waals surface area contributed by atoms with Gasteiger partial charge in [-0.1, -0.05) is 24.3 Å². The highest BCUT2D eigenvalue weighted by Gasteiger charge is 2.44. The van der Waals surface area contributed by atoms with Gasteiger partial charge in [0.15, 0.2) is 0 Å². The molecule has 1 N–H and O–H groups in total. The molecule has 0 spiro atoms. The molecule has 32 heavy (non-hydrogen) atoms. The minimum Gasteiger partial charge on any atom is -0.396 e. The van der Waals surface area contributed by atoms with Gasteiger partial charge in [-0.3, -0.25) is 4.79 Å². The van der Waals surface area contributed by atoms with Crippen molar-refractivity contribution < 1.29 is 23.1 Å². The van der Waals surface area contributed by atoms with Gasteiger partial charge in [0.05, 0.1) is 17.5 Å². The number of halogens is 3. The van der Waals surface area contributed by atoms with Gasteiger partial charge in [0.25, 0.3) is 0 Å². The van der Waals surface area contributed by atoms with Crippen molar-refractivity contribution in [3.8, 4) is 11.1 Å². The van der Waals surface area contributed by atoms with E-state index in [1.807, 2.05) is 11.0 Å². The Hall–Kier alpha value is -2.38. The second-order valence-corrected chi connectivity index (χ2v) is 9.22. The molecule has 0 aromatic heterocycles. The Balaban J connectivity index is 1.34. The fourth-order valence-electron chi connectivity index (χ4n) is 5.51. The molecule has 5 rings (SSSR count). The summed E-state index contributed by atoms with van der Waals surface area (Å²) >= 11 is 0. The monoisotopic (exact) mass is 444 g/mol. The molecule has 1 aliphatic carbocycles. The smallest absolute Gasteiger partial charge is 0.396 e. The number of aliphatic hydroxyl groups is 1. The first-order valence-electron chi connectivity index (χ1n) is 11.3. The summed E-state index contributed by atoms with van der Waals surface area (Å²) in [5.74, 6) is 0.678. The largest absolute Gasteiger partial charge is 0.416 e. The normalized spacial score (nSPS) is 23.2. The predicted molar refractivity (Wildman–Crippen MR) is 115 cm³/mol. The fraction of sp³-hybridized carbons (Fsp3) is 0.480. The van der Waals surface area contributed by atoms with Gasteiger partial charge < -0.3 is 14.9 Å². The molecule has 2 aliphatic heterocycles. The molecule has 1 amide bonds. The van der Waals surface area contributed by atoms with Crippen LogP contribution < -0.4 is 0 Å². The van der Waals surface area contributed by atoms with Crippen LogP contribution in [0.1, 0.15) is 47.9 Å². The molecule has 2 saturated heterocycles. The van der Waals surface area contributed by atoms with Crippen LogP contribution in [0.2, 0.25) is 0 Å². The fourth-order valence-corrected chi connectivity index (χ4v) is 5.51. The van der Waals surface area contributed by atoms with Crippen molar-refractivity contribution in [3.63, 3.8) is 0 Å². The maximum atomic E-state index is 13.2. The van der Waals surface area contributed by atoms with E-state index in [-0.39, 0.29) is 24.5 Å². The lowest BCUT2D eigenvalue weighted by Crippen LogP contribution is -2.55. The number of alkyl halides is 3. The van der Waals surface area contributed by atoms with E-state index in [2.05, 4.69) is 17.0 Å². The lowest BCUT2D eigenvalue weighted by atomic mass is 9.92. The lowest BCUT2D eigenvalue weighted by Gasteiger charge is -2.43. The molecule has 7 heteroatoms. The number of piperidine rings is 1. The molecule has 2 bridgehead atoms. The number of rotatable bonds is 5. The number of carbonyl (C=O) groups excluding carboxylic acids is 1. The topological polar surface area (TPSA) is 43.8 Å². The van der Waals surface area contributed by atoms with Gasteiger partial charge in [-0.05, 0) is 65.6 Å². The summed E-state index contributed by atoms with van der Waals surface area (Å²) in [5.41, 5.74) is 3.41. The summed E-state index contributed by atoms with van der Waals surface area (Å²) in [7, 11) is 0. The van der Waals surface area contributed by atoms with Gasteiger partial charge in [0.1, 0.15) is 0 Å². The van der Waals surface area contributed by atoms with Crippen molar-refractivity contribution in [2.45, 2.75) is 37.4 Å². The molecule has 0 radical (unpaired) electrons. The Morgan fingerprint density at radius 3 is 2.44 bits per heavy atom. The number of hydrogen-bond donors (Lipinski definition) is 1. The minimum absolute atomic E-state index is 0.0207. The highest BCUT2D eigenvalue weighted by molar-refractivity contribution is 5.81. The third-order valence-corrected chi connectivity index (χ3v) is 7.26. The van der Waals surface area contributed by atoms with Gasteiger partial charge in [-0.15, -0.1) is 0 Å². The number of aliphatic hydroxyl groups excluding tert-OH is 1. The molecule has 3 aliphatic rings. The van der Waals surface area contributed by atoms with Crippen LogP contribution >= 0.6 is 0 Å². The molecule has 0 saturated carbocycles. The molecule has 2 fully saturated rings. The quantitative estimate of drug-likeness (QED) is 0.741. The highest BCUT2D eigenvalue weighted by Crippen LogP contribution is 2.50. The maximum Gasteiger partial charge on any atom is 0.416 e. The molecular weight excluding hydrogens is 417 g/mol. The lowest BCUT2D eigenvalue weighted by molar-refractivity contribution is -0.145. The zero-order valence-corrected chi connectivity index (χ0v) is 17.8.